The van der Waals surface area contributed by atoms with Gasteiger partial charge in [-0.2, -0.15) is 0 Å². The lowest BCUT2D eigenvalue weighted by molar-refractivity contribution is -0.235. The average Bonchev–Trinajstić information content (AvgIpc) is 3.41. The Bertz CT molecular complexity index is 1970. The number of carboxylic acid groups (broad SMARTS) is 1. The summed E-state index contributed by atoms with van der Waals surface area (Å²) < 4.78 is 6.41. The number of ether oxygens (including phenoxy) is 1. The molecular formula is C49H69ClN2O7. The van der Waals surface area contributed by atoms with Crippen LogP contribution in [-0.2, 0) is 28.7 Å². The van der Waals surface area contributed by atoms with Crippen LogP contribution in [0.2, 0.25) is 5.02 Å². The fourth-order valence-corrected chi connectivity index (χ4v) is 14.6. The van der Waals surface area contributed by atoms with Crippen molar-refractivity contribution < 1.29 is 33.8 Å². The smallest absolute Gasteiger partial charge is 0.309 e. The van der Waals surface area contributed by atoms with Crippen molar-refractivity contribution in [1.29, 1.82) is 0 Å². The number of hydrogen-bond acceptors (Lipinski definition) is 6. The van der Waals surface area contributed by atoms with Gasteiger partial charge in [-0.25, -0.2) is 0 Å². The second-order valence-electron chi connectivity index (χ2n) is 22.6. The predicted octanol–water partition coefficient (Wildman–Crippen LogP) is 10.2. The number of rotatable bonds is 9. The first kappa shape index (κ1) is 43.9. The molecule has 1 aromatic carbocycles. The highest BCUT2D eigenvalue weighted by atomic mass is 35.5. The first-order chi connectivity index (χ1) is 27.2. The molecule has 2 amide bonds. The molecular weight excluding hydrogens is 764 g/mol. The number of aliphatic carboxylic acids is 1. The first-order valence-corrected chi connectivity index (χ1v) is 22.7. The van der Waals surface area contributed by atoms with Crippen LogP contribution in [0.3, 0.4) is 0 Å². The zero-order valence-corrected chi connectivity index (χ0v) is 38.2. The third kappa shape index (κ3) is 6.72. The van der Waals surface area contributed by atoms with Gasteiger partial charge in [0.05, 0.1) is 22.8 Å². The molecule has 10 atom stereocenters. The highest BCUT2D eigenvalue weighted by Crippen LogP contribution is 2.76. The number of nitrogens with one attached hydrogen (secondary N) is 2. The zero-order chi connectivity index (χ0) is 43.5. The first-order valence-electron chi connectivity index (χ1n) is 22.3. The standard InChI is InChI=1S/C49H69ClN2O7/c1-27(2)38-33(53)25-49(52-42(58)43(3,4)26-37(54)51-29-14-12-28(50)13-15-29)23-22-47(10)30(39(38)49)16-17-35-46(9)20-19-36(45(7,8)34(46)18-21-48(35,47)11)59-41(57)32-24-31(40(55)56)44(32,5)6/h12-15,27,30-32,34-36H,16-26H2,1-11H3,(H,51,54)(H,52,58)(H,55,56)/t30-,31+,32-,34+,35-,36+,46+,47-,48-,49-/m1/s1. The van der Waals surface area contributed by atoms with Gasteiger partial charge in [0, 0.05) is 29.0 Å². The predicted molar refractivity (Wildman–Crippen MR) is 229 cm³/mol. The van der Waals surface area contributed by atoms with Crippen LogP contribution in [0.25, 0.3) is 0 Å². The normalized spacial score (nSPS) is 38.2. The van der Waals surface area contributed by atoms with Crippen molar-refractivity contribution in [2.45, 2.75) is 158 Å². The number of benzene rings is 1. The summed E-state index contributed by atoms with van der Waals surface area (Å²) in [5.74, 6) is -1.40. The molecule has 5 saturated carbocycles. The molecule has 0 bridgehead atoms. The number of esters is 1. The number of ketones is 1. The van der Waals surface area contributed by atoms with Crippen molar-refractivity contribution in [3.05, 3.63) is 40.4 Å². The van der Waals surface area contributed by atoms with E-state index in [0.717, 1.165) is 56.1 Å². The van der Waals surface area contributed by atoms with Gasteiger partial charge in [-0.15, -0.1) is 0 Å². The van der Waals surface area contributed by atoms with Gasteiger partial charge in [0.15, 0.2) is 5.78 Å². The van der Waals surface area contributed by atoms with E-state index in [4.69, 9.17) is 16.3 Å². The molecule has 3 N–H and O–H groups in total. The number of carbonyl (C=O) groups is 5. The third-order valence-electron chi connectivity index (χ3n) is 18.2. The van der Waals surface area contributed by atoms with Crippen molar-refractivity contribution in [2.75, 3.05) is 5.32 Å². The zero-order valence-electron chi connectivity index (χ0n) is 37.4. The Morgan fingerprint density at radius 2 is 1.51 bits per heavy atom. The highest BCUT2D eigenvalue weighted by Gasteiger charge is 2.71. The van der Waals surface area contributed by atoms with Crippen LogP contribution >= 0.6 is 11.6 Å². The van der Waals surface area contributed by atoms with Crippen molar-refractivity contribution >= 4 is 46.8 Å². The molecule has 5 fully saturated rings. The van der Waals surface area contributed by atoms with E-state index in [9.17, 15) is 29.1 Å². The highest BCUT2D eigenvalue weighted by molar-refractivity contribution is 6.30. The Kier molecular flexibility index (Phi) is 10.7. The average molecular weight is 834 g/mol. The lowest BCUT2D eigenvalue weighted by Crippen LogP contribution is -2.67. The summed E-state index contributed by atoms with van der Waals surface area (Å²) in [4.78, 5) is 67.3. The maximum absolute atomic E-state index is 14.4. The summed E-state index contributed by atoms with van der Waals surface area (Å²) in [5, 5.41) is 16.6. The van der Waals surface area contributed by atoms with E-state index in [-0.39, 0.29) is 76.0 Å². The van der Waals surface area contributed by atoms with Crippen LogP contribution < -0.4 is 10.6 Å². The van der Waals surface area contributed by atoms with Crippen molar-refractivity contribution in [3.63, 3.8) is 0 Å². The monoisotopic (exact) mass is 832 g/mol. The van der Waals surface area contributed by atoms with Gasteiger partial charge < -0.3 is 20.5 Å². The van der Waals surface area contributed by atoms with Gasteiger partial charge >= 0.3 is 11.9 Å². The summed E-state index contributed by atoms with van der Waals surface area (Å²) >= 11 is 6.04. The van der Waals surface area contributed by atoms with E-state index in [2.05, 4.69) is 59.1 Å². The molecule has 0 spiro atoms. The molecule has 0 unspecified atom stereocenters. The molecule has 0 saturated heterocycles. The molecule has 9 nitrogen and oxygen atoms in total. The van der Waals surface area contributed by atoms with Crippen molar-refractivity contribution in [1.82, 2.24) is 5.32 Å². The number of fused-ring (bicyclic) bond motifs is 7. The molecule has 0 aliphatic heterocycles. The Labute approximate surface area is 357 Å². The molecule has 1 aromatic rings. The molecule has 59 heavy (non-hydrogen) atoms. The quantitative estimate of drug-likeness (QED) is 0.211. The van der Waals surface area contributed by atoms with Crippen LogP contribution in [0.4, 0.5) is 5.69 Å². The van der Waals surface area contributed by atoms with Crippen molar-refractivity contribution in [3.8, 4) is 0 Å². The summed E-state index contributed by atoms with van der Waals surface area (Å²) in [5.41, 5.74) is -0.0862. The fraction of sp³-hybridized carbons (Fsp3) is 0.735. The number of allylic oxidation sites excluding steroid dienone is 1. The molecule has 10 heteroatoms. The third-order valence-corrected chi connectivity index (χ3v) is 18.4. The van der Waals surface area contributed by atoms with E-state index in [1.54, 1.807) is 24.3 Å². The van der Waals surface area contributed by atoms with Crippen LogP contribution in [0.1, 0.15) is 147 Å². The number of carbonyl (C=O) groups excluding carboxylic acids is 4. The molecule has 0 heterocycles. The lowest BCUT2D eigenvalue weighted by atomic mass is 9.33. The van der Waals surface area contributed by atoms with Gasteiger partial charge in [-0.3, -0.25) is 24.0 Å². The minimum Gasteiger partial charge on any atom is -0.481 e. The number of amides is 2. The van der Waals surface area contributed by atoms with E-state index in [1.807, 2.05) is 27.7 Å². The second-order valence-corrected chi connectivity index (χ2v) is 23.1. The Morgan fingerprint density at radius 1 is 0.847 bits per heavy atom. The van der Waals surface area contributed by atoms with Gasteiger partial charge in [0.1, 0.15) is 6.10 Å². The van der Waals surface area contributed by atoms with Gasteiger partial charge in [0.2, 0.25) is 11.8 Å². The number of halogens is 1. The van der Waals surface area contributed by atoms with Crippen LogP contribution in [-0.4, -0.2) is 46.3 Å². The van der Waals surface area contributed by atoms with E-state index >= 15 is 0 Å². The number of anilines is 1. The molecule has 7 rings (SSSR count). The number of hydrogen-bond donors (Lipinski definition) is 3. The SMILES string of the molecule is CC(C)C1=C2[C@H]3CC[C@@H]4[C@@]5(C)CC[C@H](OC(=O)[C@H]6C[C@@H](C(=O)O)C6(C)C)C(C)(C)[C@@H]5CC[C@@]4(C)[C@]3(C)CC[C@@]2(NC(=O)C(C)(C)CC(=O)Nc2ccc(Cl)cc2)CC1=O. The van der Waals surface area contributed by atoms with Crippen molar-refractivity contribution in [2.24, 2.45) is 68.0 Å². The molecule has 324 valence electrons. The van der Waals surface area contributed by atoms with E-state index in [0.29, 0.717) is 35.4 Å². The Morgan fingerprint density at radius 3 is 2.12 bits per heavy atom. The summed E-state index contributed by atoms with van der Waals surface area (Å²) in [6.45, 7) is 23.7. The second kappa shape index (κ2) is 14.4. The van der Waals surface area contributed by atoms with E-state index < -0.39 is 34.2 Å². The maximum Gasteiger partial charge on any atom is 0.309 e. The minimum atomic E-state index is -1.02. The van der Waals surface area contributed by atoms with Gasteiger partial charge in [-0.1, -0.05) is 87.8 Å². The van der Waals surface area contributed by atoms with Gasteiger partial charge in [-0.05, 0) is 139 Å². The summed E-state index contributed by atoms with van der Waals surface area (Å²) in [7, 11) is 0. The largest absolute Gasteiger partial charge is 0.481 e. The number of Topliss-reactive ketones (excluding diaryl/α,β-unsaturated/α-hetero) is 1. The lowest BCUT2D eigenvalue weighted by Gasteiger charge is -2.72. The van der Waals surface area contributed by atoms with Crippen LogP contribution in [0.15, 0.2) is 35.4 Å². The van der Waals surface area contributed by atoms with Crippen LogP contribution in [0, 0.1) is 68.0 Å². The number of carboxylic acids is 1. The minimum absolute atomic E-state index is 0.0115. The fourth-order valence-electron chi connectivity index (χ4n) is 14.5. The van der Waals surface area contributed by atoms with Gasteiger partial charge in [0.25, 0.3) is 0 Å². The Balaban J connectivity index is 1.12. The topological polar surface area (TPSA) is 139 Å². The van der Waals surface area contributed by atoms with Crippen LogP contribution in [0.5, 0.6) is 0 Å². The van der Waals surface area contributed by atoms with E-state index in [1.165, 1.54) is 0 Å². The molecule has 0 aromatic heterocycles. The molecule has 0 radical (unpaired) electrons. The molecule has 6 aliphatic carbocycles. The maximum atomic E-state index is 14.4. The summed E-state index contributed by atoms with van der Waals surface area (Å²) in [6, 6.07) is 6.90. The molecule has 6 aliphatic rings. The Hall–Kier alpha value is -3.20. The summed E-state index contributed by atoms with van der Waals surface area (Å²) in [6.07, 6.45) is 7.73.